The van der Waals surface area contributed by atoms with E-state index in [1.54, 1.807) is 18.2 Å². The molecule has 0 bridgehead atoms. The van der Waals surface area contributed by atoms with Gasteiger partial charge in [0, 0.05) is 34.6 Å². The van der Waals surface area contributed by atoms with Crippen LogP contribution < -0.4 is 5.32 Å². The Morgan fingerprint density at radius 2 is 1.68 bits per heavy atom. The van der Waals surface area contributed by atoms with E-state index in [0.29, 0.717) is 41.5 Å². The van der Waals surface area contributed by atoms with Crippen molar-refractivity contribution in [2.75, 3.05) is 13.1 Å². The Hall–Kier alpha value is -1.60. The predicted octanol–water partition coefficient (Wildman–Crippen LogP) is 4.73. The van der Waals surface area contributed by atoms with E-state index in [1.165, 1.54) is 15.4 Å². The van der Waals surface area contributed by atoms with Gasteiger partial charge in [-0.15, -0.1) is 0 Å². The molecule has 2 aromatic rings. The van der Waals surface area contributed by atoms with Crippen molar-refractivity contribution in [3.63, 3.8) is 0 Å². The van der Waals surface area contributed by atoms with E-state index < -0.39 is 10.0 Å². The van der Waals surface area contributed by atoms with Gasteiger partial charge in [0.15, 0.2) is 0 Å². The van der Waals surface area contributed by atoms with Crippen LogP contribution in [0.5, 0.6) is 0 Å². The number of amides is 1. The Kier molecular flexibility index (Phi) is 6.92. The fourth-order valence-corrected chi connectivity index (χ4v) is 6.85. The zero-order valence-electron chi connectivity index (χ0n) is 17.2. The number of nitrogens with zero attached hydrogens (tertiary/aromatic N) is 1. The fourth-order valence-electron chi connectivity index (χ4n) is 4.53. The first-order chi connectivity index (χ1) is 14.8. The number of sulfonamides is 1. The molecule has 2 aromatic carbocycles. The van der Waals surface area contributed by atoms with E-state index in [0.717, 1.165) is 19.3 Å². The molecule has 31 heavy (non-hydrogen) atoms. The maximum Gasteiger partial charge on any atom is 0.223 e. The van der Waals surface area contributed by atoms with E-state index >= 15 is 0 Å². The number of carbonyl (C=O) groups is 1. The molecule has 1 saturated heterocycles. The number of rotatable bonds is 5. The van der Waals surface area contributed by atoms with E-state index in [-0.39, 0.29) is 23.6 Å². The quantitative estimate of drug-likeness (QED) is 0.672. The van der Waals surface area contributed by atoms with Crippen LogP contribution in [0.4, 0.5) is 0 Å². The number of piperidine rings is 1. The fraction of sp³-hybridized carbons (Fsp3) is 0.435. The molecule has 0 radical (unpaired) electrons. The number of fused-ring (bicyclic) bond motifs is 1. The second kappa shape index (κ2) is 9.49. The molecule has 1 fully saturated rings. The summed E-state index contributed by atoms with van der Waals surface area (Å²) in [6.07, 6.45) is 4.07. The highest BCUT2D eigenvalue weighted by Crippen LogP contribution is 2.31. The first kappa shape index (κ1) is 22.6. The number of benzene rings is 2. The summed E-state index contributed by atoms with van der Waals surface area (Å²) in [6, 6.07) is 13.3. The standard InChI is InChI=1S/C23H26Cl2N2O3S/c24-20-8-4-9-21(25)19(20)15-31(29,30)27-13-11-17(12-14-27)23(28)26-22-10-3-6-16-5-1-2-7-18(16)22/h1-2,4-5,7-9,17,22H,3,6,10-15H2,(H,26,28)/t22-/m0/s1. The zero-order chi connectivity index (χ0) is 22.0. The van der Waals surface area contributed by atoms with E-state index in [4.69, 9.17) is 23.2 Å². The highest BCUT2D eigenvalue weighted by Gasteiger charge is 2.33. The molecule has 1 aliphatic heterocycles. The number of nitrogens with one attached hydrogen (secondary N) is 1. The largest absolute Gasteiger partial charge is 0.349 e. The third kappa shape index (κ3) is 5.08. The third-order valence-electron chi connectivity index (χ3n) is 6.29. The Bertz CT molecular complexity index is 1050. The average molecular weight is 481 g/mol. The molecule has 0 aromatic heterocycles. The van der Waals surface area contributed by atoms with Crippen LogP contribution in [0, 0.1) is 5.92 Å². The lowest BCUT2D eigenvalue weighted by Crippen LogP contribution is -2.44. The molecule has 2 aliphatic rings. The summed E-state index contributed by atoms with van der Waals surface area (Å²) in [7, 11) is -3.56. The molecule has 4 rings (SSSR count). The van der Waals surface area contributed by atoms with Crippen LogP contribution in [-0.2, 0) is 27.0 Å². The first-order valence-corrected chi connectivity index (χ1v) is 13.0. The van der Waals surface area contributed by atoms with E-state index in [9.17, 15) is 13.2 Å². The lowest BCUT2D eigenvalue weighted by atomic mass is 9.87. The number of carbonyl (C=O) groups excluding carboxylic acids is 1. The molecule has 166 valence electrons. The van der Waals surface area contributed by atoms with Gasteiger partial charge in [-0.3, -0.25) is 4.79 Å². The van der Waals surface area contributed by atoms with Gasteiger partial charge in [-0.2, -0.15) is 0 Å². The third-order valence-corrected chi connectivity index (χ3v) is 8.81. The van der Waals surface area contributed by atoms with Crippen LogP contribution in [0.2, 0.25) is 10.0 Å². The highest BCUT2D eigenvalue weighted by atomic mass is 35.5. The SMILES string of the molecule is O=C(N[C@H]1CCCc2ccccc21)C1CCN(S(=O)(=O)Cc2c(Cl)cccc2Cl)CC1. The van der Waals surface area contributed by atoms with Crippen LogP contribution in [-0.4, -0.2) is 31.7 Å². The van der Waals surface area contributed by atoms with Gasteiger partial charge >= 0.3 is 0 Å². The molecule has 8 heteroatoms. The predicted molar refractivity (Wildman–Crippen MR) is 124 cm³/mol. The summed E-state index contributed by atoms with van der Waals surface area (Å²) in [5.74, 6) is -0.390. The van der Waals surface area contributed by atoms with Crippen LogP contribution in [0.3, 0.4) is 0 Å². The normalized spacial score (nSPS) is 20.3. The maximum absolute atomic E-state index is 12.9. The smallest absolute Gasteiger partial charge is 0.223 e. The van der Waals surface area contributed by atoms with E-state index in [2.05, 4.69) is 17.4 Å². The average Bonchev–Trinajstić information content (AvgIpc) is 2.77. The highest BCUT2D eigenvalue weighted by molar-refractivity contribution is 7.88. The summed E-state index contributed by atoms with van der Waals surface area (Å²) in [5, 5.41) is 3.90. The van der Waals surface area contributed by atoms with Crippen molar-refractivity contribution in [1.82, 2.24) is 9.62 Å². The number of hydrogen-bond donors (Lipinski definition) is 1. The van der Waals surface area contributed by atoms with Gasteiger partial charge < -0.3 is 5.32 Å². The molecular weight excluding hydrogens is 455 g/mol. The van der Waals surface area contributed by atoms with Gasteiger partial charge in [0.25, 0.3) is 0 Å². The summed E-state index contributed by atoms with van der Waals surface area (Å²) in [4.78, 5) is 12.9. The lowest BCUT2D eigenvalue weighted by molar-refractivity contribution is -0.127. The summed E-state index contributed by atoms with van der Waals surface area (Å²) >= 11 is 12.3. The Morgan fingerprint density at radius 3 is 2.39 bits per heavy atom. The molecule has 1 heterocycles. The van der Waals surface area contributed by atoms with Gasteiger partial charge in [-0.25, -0.2) is 12.7 Å². The molecule has 1 atom stereocenters. The monoisotopic (exact) mass is 480 g/mol. The van der Waals surface area contributed by atoms with Crippen LogP contribution in [0.15, 0.2) is 42.5 Å². The first-order valence-electron chi connectivity index (χ1n) is 10.6. The summed E-state index contributed by atoms with van der Waals surface area (Å²) < 4.78 is 27.2. The molecule has 1 aliphatic carbocycles. The second-order valence-corrected chi connectivity index (χ2v) is 11.1. The van der Waals surface area contributed by atoms with Gasteiger partial charge in [0.2, 0.25) is 15.9 Å². The Morgan fingerprint density at radius 1 is 1.00 bits per heavy atom. The molecule has 1 amide bonds. The van der Waals surface area contributed by atoms with Gasteiger partial charge in [0.1, 0.15) is 0 Å². The second-order valence-electron chi connectivity index (χ2n) is 8.28. The molecule has 0 saturated carbocycles. The molecule has 5 nitrogen and oxygen atoms in total. The van der Waals surface area contributed by atoms with E-state index in [1.807, 2.05) is 12.1 Å². The van der Waals surface area contributed by atoms with Crippen molar-refractivity contribution >= 4 is 39.1 Å². The van der Waals surface area contributed by atoms with Crippen molar-refractivity contribution in [3.8, 4) is 0 Å². The van der Waals surface area contributed by atoms with Crippen molar-refractivity contribution in [1.29, 1.82) is 0 Å². The van der Waals surface area contributed by atoms with Crippen LogP contribution >= 0.6 is 23.2 Å². The van der Waals surface area contributed by atoms with Crippen molar-refractivity contribution in [3.05, 3.63) is 69.2 Å². The van der Waals surface area contributed by atoms with Gasteiger partial charge in [0.05, 0.1) is 11.8 Å². The molecule has 1 N–H and O–H groups in total. The zero-order valence-corrected chi connectivity index (χ0v) is 19.5. The summed E-state index contributed by atoms with van der Waals surface area (Å²) in [5.41, 5.74) is 2.93. The number of halogens is 2. The van der Waals surface area contributed by atoms with Crippen LogP contribution in [0.25, 0.3) is 0 Å². The van der Waals surface area contributed by atoms with Gasteiger partial charge in [-0.1, -0.05) is 53.5 Å². The van der Waals surface area contributed by atoms with Crippen molar-refractivity contribution in [2.45, 2.75) is 43.9 Å². The van der Waals surface area contributed by atoms with Crippen LogP contribution in [0.1, 0.15) is 48.4 Å². The summed E-state index contributed by atoms with van der Waals surface area (Å²) in [6.45, 7) is 0.646. The minimum absolute atomic E-state index is 0.0212. The Balaban J connectivity index is 1.36. The molecular formula is C23H26Cl2N2O3S. The Labute approximate surface area is 193 Å². The lowest BCUT2D eigenvalue weighted by Gasteiger charge is -2.33. The van der Waals surface area contributed by atoms with Crippen molar-refractivity contribution < 1.29 is 13.2 Å². The number of aryl methyl sites for hydroxylation is 1. The molecule has 0 unspecified atom stereocenters. The minimum Gasteiger partial charge on any atom is -0.349 e. The minimum atomic E-state index is -3.56. The van der Waals surface area contributed by atoms with Gasteiger partial charge in [-0.05, 0) is 55.4 Å². The number of hydrogen-bond acceptors (Lipinski definition) is 3. The molecule has 0 spiro atoms. The maximum atomic E-state index is 12.9. The topological polar surface area (TPSA) is 66.5 Å². The van der Waals surface area contributed by atoms with Crippen molar-refractivity contribution in [2.24, 2.45) is 5.92 Å².